The third kappa shape index (κ3) is 10.5. The zero-order chi connectivity index (χ0) is 14.3. The van der Waals surface area contributed by atoms with E-state index in [-0.39, 0.29) is 19.2 Å². The Morgan fingerprint density at radius 2 is 2.11 bits per heavy atom. The third-order valence-corrected chi connectivity index (χ3v) is 2.52. The molecule has 19 heavy (non-hydrogen) atoms. The third-order valence-electron chi connectivity index (χ3n) is 2.52. The quantitative estimate of drug-likeness (QED) is 0.261. The number of ether oxygens (including phenoxy) is 1. The normalized spacial score (nSPS) is 9.84. The van der Waals surface area contributed by atoms with Crippen molar-refractivity contribution < 1.29 is 14.6 Å². The molecular weight excluding hydrogens is 242 g/mol. The molecule has 0 fully saturated rings. The topological polar surface area (TPSA) is 58.6 Å². The summed E-state index contributed by atoms with van der Waals surface area (Å²) in [7, 11) is 0. The Bertz CT molecular complexity index is 294. The van der Waals surface area contributed by atoms with Gasteiger partial charge in [-0.1, -0.05) is 20.3 Å². The van der Waals surface area contributed by atoms with Gasteiger partial charge < -0.3 is 15.2 Å². The van der Waals surface area contributed by atoms with Gasteiger partial charge in [0, 0.05) is 19.6 Å². The fourth-order valence-electron chi connectivity index (χ4n) is 1.42. The smallest absolute Gasteiger partial charge is 0.341 e. The number of hydrogen-bond acceptors (Lipinski definition) is 4. The SMILES string of the molecule is CCC=C=C(CCNCCCC)C(=O)OCCCO. The van der Waals surface area contributed by atoms with Crippen LogP contribution >= 0.6 is 0 Å². The maximum atomic E-state index is 11.8. The van der Waals surface area contributed by atoms with Crippen molar-refractivity contribution in [2.75, 3.05) is 26.3 Å². The van der Waals surface area contributed by atoms with Gasteiger partial charge in [0.15, 0.2) is 0 Å². The Labute approximate surface area is 116 Å². The summed E-state index contributed by atoms with van der Waals surface area (Å²) in [6.45, 7) is 6.18. The van der Waals surface area contributed by atoms with E-state index < -0.39 is 0 Å². The summed E-state index contributed by atoms with van der Waals surface area (Å²) in [5, 5.41) is 11.9. The first-order valence-electron chi connectivity index (χ1n) is 7.18. The van der Waals surface area contributed by atoms with Crippen LogP contribution in [0.25, 0.3) is 0 Å². The van der Waals surface area contributed by atoms with Gasteiger partial charge in [-0.05, 0) is 31.9 Å². The summed E-state index contributed by atoms with van der Waals surface area (Å²) in [4.78, 5) is 11.8. The van der Waals surface area contributed by atoms with E-state index in [2.05, 4.69) is 18.0 Å². The molecule has 0 atom stereocenters. The molecule has 2 N–H and O–H groups in total. The van der Waals surface area contributed by atoms with Gasteiger partial charge in [-0.3, -0.25) is 0 Å². The Hall–Kier alpha value is -1.09. The van der Waals surface area contributed by atoms with Gasteiger partial charge in [0.05, 0.1) is 12.2 Å². The number of nitrogens with one attached hydrogen (secondary N) is 1. The number of unbranched alkanes of at least 4 members (excludes halogenated alkanes) is 1. The molecule has 4 nitrogen and oxygen atoms in total. The summed E-state index contributed by atoms with van der Waals surface area (Å²) in [6, 6.07) is 0. The van der Waals surface area contributed by atoms with Gasteiger partial charge in [-0.2, -0.15) is 0 Å². The number of carbonyl (C=O) groups is 1. The monoisotopic (exact) mass is 269 g/mol. The number of aliphatic hydroxyl groups excluding tert-OH is 1. The summed E-state index contributed by atoms with van der Waals surface area (Å²) in [5.74, 6) is -0.324. The Kier molecular flexibility index (Phi) is 12.6. The maximum Gasteiger partial charge on any atom is 0.341 e. The largest absolute Gasteiger partial charge is 0.462 e. The fraction of sp³-hybridized carbons (Fsp3) is 0.733. The minimum absolute atomic E-state index is 0.0374. The van der Waals surface area contributed by atoms with E-state index in [1.165, 1.54) is 0 Å². The first kappa shape index (κ1) is 17.9. The van der Waals surface area contributed by atoms with Crippen molar-refractivity contribution in [3.8, 4) is 0 Å². The van der Waals surface area contributed by atoms with Gasteiger partial charge in [0.1, 0.15) is 0 Å². The van der Waals surface area contributed by atoms with Crippen molar-refractivity contribution >= 4 is 5.97 Å². The van der Waals surface area contributed by atoms with Crippen molar-refractivity contribution in [2.45, 2.75) is 46.0 Å². The molecule has 0 amide bonds. The van der Waals surface area contributed by atoms with Gasteiger partial charge in [-0.25, -0.2) is 4.79 Å². The average molecular weight is 269 g/mol. The highest BCUT2D eigenvalue weighted by atomic mass is 16.5. The van der Waals surface area contributed by atoms with E-state index in [9.17, 15) is 4.79 Å². The van der Waals surface area contributed by atoms with Gasteiger partial charge in [0.2, 0.25) is 0 Å². The Morgan fingerprint density at radius 1 is 1.32 bits per heavy atom. The lowest BCUT2D eigenvalue weighted by atomic mass is 10.2. The second kappa shape index (κ2) is 13.3. The molecule has 0 bridgehead atoms. The lowest BCUT2D eigenvalue weighted by Gasteiger charge is -2.07. The minimum atomic E-state index is -0.324. The number of hydrogen-bond donors (Lipinski definition) is 2. The molecule has 0 aliphatic rings. The fourth-order valence-corrected chi connectivity index (χ4v) is 1.42. The van der Waals surface area contributed by atoms with Crippen LogP contribution in [0.3, 0.4) is 0 Å². The van der Waals surface area contributed by atoms with Crippen molar-refractivity contribution in [3.63, 3.8) is 0 Å². The molecule has 0 aromatic carbocycles. The molecular formula is C15H27NO3. The zero-order valence-electron chi connectivity index (χ0n) is 12.2. The van der Waals surface area contributed by atoms with E-state index in [0.29, 0.717) is 18.4 Å². The predicted octanol–water partition coefficient (Wildman–Crippen LogP) is 2.18. The molecule has 0 heterocycles. The van der Waals surface area contributed by atoms with E-state index in [4.69, 9.17) is 9.84 Å². The molecule has 0 saturated carbocycles. The van der Waals surface area contributed by atoms with Crippen LogP contribution in [0.4, 0.5) is 0 Å². The molecule has 0 aliphatic heterocycles. The predicted molar refractivity (Wildman–Crippen MR) is 76.9 cm³/mol. The highest BCUT2D eigenvalue weighted by Gasteiger charge is 2.09. The number of carbonyl (C=O) groups excluding carboxylic acids is 1. The maximum absolute atomic E-state index is 11.8. The van der Waals surface area contributed by atoms with Crippen LogP contribution in [0.5, 0.6) is 0 Å². The molecule has 0 unspecified atom stereocenters. The molecule has 0 aliphatic carbocycles. The van der Waals surface area contributed by atoms with Gasteiger partial charge in [-0.15, -0.1) is 5.73 Å². The highest BCUT2D eigenvalue weighted by Crippen LogP contribution is 2.03. The molecule has 0 aromatic heterocycles. The molecule has 110 valence electrons. The number of aliphatic hydroxyl groups is 1. The van der Waals surface area contributed by atoms with E-state index in [0.717, 1.165) is 32.4 Å². The standard InChI is InChI=1S/C15H27NO3/c1-3-5-8-14(9-11-16-10-6-4-2)15(18)19-13-7-12-17/h5,16-17H,3-4,6-7,9-13H2,1-2H3. The second-order valence-electron chi connectivity index (χ2n) is 4.30. The van der Waals surface area contributed by atoms with Crippen LogP contribution in [0.2, 0.25) is 0 Å². The van der Waals surface area contributed by atoms with Crippen LogP contribution in [0.15, 0.2) is 17.4 Å². The lowest BCUT2D eigenvalue weighted by molar-refractivity contribution is -0.139. The molecule has 0 radical (unpaired) electrons. The summed E-state index contributed by atoms with van der Waals surface area (Å²) >= 11 is 0. The molecule has 0 aromatic rings. The van der Waals surface area contributed by atoms with E-state index >= 15 is 0 Å². The molecule has 0 saturated heterocycles. The van der Waals surface area contributed by atoms with Crippen LogP contribution in [-0.4, -0.2) is 37.4 Å². The van der Waals surface area contributed by atoms with Crippen LogP contribution in [0, 0.1) is 0 Å². The first-order chi connectivity index (χ1) is 9.26. The van der Waals surface area contributed by atoms with Crippen molar-refractivity contribution in [1.29, 1.82) is 0 Å². The summed E-state index contributed by atoms with van der Waals surface area (Å²) in [5.41, 5.74) is 3.57. The zero-order valence-corrected chi connectivity index (χ0v) is 12.2. The molecule has 4 heteroatoms. The molecule has 0 rings (SSSR count). The Morgan fingerprint density at radius 3 is 2.74 bits per heavy atom. The van der Waals surface area contributed by atoms with Crippen molar-refractivity contribution in [3.05, 3.63) is 17.4 Å². The second-order valence-corrected chi connectivity index (χ2v) is 4.30. The number of esters is 1. The molecule has 0 spiro atoms. The van der Waals surface area contributed by atoms with Crippen LogP contribution in [-0.2, 0) is 9.53 Å². The highest BCUT2D eigenvalue weighted by molar-refractivity contribution is 5.88. The Balaban J connectivity index is 4.16. The van der Waals surface area contributed by atoms with Crippen LogP contribution in [0.1, 0.15) is 46.0 Å². The van der Waals surface area contributed by atoms with Crippen molar-refractivity contribution in [1.82, 2.24) is 5.32 Å². The van der Waals surface area contributed by atoms with Gasteiger partial charge >= 0.3 is 5.97 Å². The lowest BCUT2D eigenvalue weighted by Crippen LogP contribution is -2.19. The number of rotatable bonds is 11. The summed E-state index contributed by atoms with van der Waals surface area (Å²) in [6.07, 6.45) is 6.09. The van der Waals surface area contributed by atoms with Gasteiger partial charge in [0.25, 0.3) is 0 Å². The average Bonchev–Trinajstić information content (AvgIpc) is 2.42. The summed E-state index contributed by atoms with van der Waals surface area (Å²) < 4.78 is 5.07. The van der Waals surface area contributed by atoms with E-state index in [1.54, 1.807) is 0 Å². The van der Waals surface area contributed by atoms with E-state index in [1.807, 2.05) is 13.0 Å². The first-order valence-corrected chi connectivity index (χ1v) is 7.18. The van der Waals surface area contributed by atoms with Crippen LogP contribution < -0.4 is 5.32 Å². The minimum Gasteiger partial charge on any atom is -0.462 e. The van der Waals surface area contributed by atoms with Crippen molar-refractivity contribution in [2.24, 2.45) is 0 Å².